The van der Waals surface area contributed by atoms with E-state index in [4.69, 9.17) is 4.74 Å². The van der Waals surface area contributed by atoms with E-state index in [-0.39, 0.29) is 23.6 Å². The Labute approximate surface area is 157 Å². The molecule has 0 saturated heterocycles. The Bertz CT molecular complexity index is 809. The number of aliphatic hydroxyl groups excluding tert-OH is 1. The number of hydrogen-bond acceptors (Lipinski definition) is 6. The van der Waals surface area contributed by atoms with Crippen LogP contribution in [-0.2, 0) is 10.7 Å². The van der Waals surface area contributed by atoms with Crippen molar-refractivity contribution in [2.24, 2.45) is 4.99 Å². The number of alkyl halides is 2. The molecule has 2 heterocycles. The molecule has 1 aliphatic heterocycles. The minimum absolute atomic E-state index is 0.112. The van der Waals surface area contributed by atoms with E-state index in [1.165, 1.54) is 36.6 Å². The van der Waals surface area contributed by atoms with Gasteiger partial charge in [-0.15, -0.1) is 0 Å². The topological polar surface area (TPSA) is 61.2 Å². The van der Waals surface area contributed by atoms with Crippen molar-refractivity contribution in [3.63, 3.8) is 0 Å². The summed E-state index contributed by atoms with van der Waals surface area (Å²) in [5.74, 6) is -2.77. The highest BCUT2D eigenvalue weighted by Gasteiger charge is 2.39. The first-order valence-corrected chi connectivity index (χ1v) is 8.78. The van der Waals surface area contributed by atoms with Crippen molar-refractivity contribution in [2.75, 3.05) is 19.2 Å². The maximum atomic E-state index is 14.4. The number of halogens is 2. The number of hydrazine groups is 1. The number of anilines is 1. The Balaban J connectivity index is 1.95. The minimum atomic E-state index is -3.00. The third-order valence-corrected chi connectivity index (χ3v) is 5.05. The van der Waals surface area contributed by atoms with Crippen LogP contribution in [0.2, 0.25) is 0 Å². The van der Waals surface area contributed by atoms with Crippen molar-refractivity contribution >= 4 is 12.2 Å². The largest absolute Gasteiger partial charge is 0.508 e. The average molecular weight is 378 g/mol. The lowest BCUT2D eigenvalue weighted by molar-refractivity contribution is -0.00831. The van der Waals surface area contributed by atoms with Crippen LogP contribution in [0.5, 0.6) is 0 Å². The molecule has 0 amide bonds. The summed E-state index contributed by atoms with van der Waals surface area (Å²) in [6.07, 6.45) is 6.07. The summed E-state index contributed by atoms with van der Waals surface area (Å²) in [7, 11) is 3.32. The lowest BCUT2D eigenvalue weighted by Crippen LogP contribution is -2.43. The fraction of sp³-hybridized carbons (Fsp3) is 0.474. The van der Waals surface area contributed by atoms with Crippen molar-refractivity contribution < 1.29 is 18.6 Å². The number of rotatable bonds is 5. The number of likely N-dealkylation sites (N-methyl/N-ethyl adjacent to an activating group) is 1. The van der Waals surface area contributed by atoms with Crippen LogP contribution in [0.1, 0.15) is 32.3 Å². The van der Waals surface area contributed by atoms with Crippen molar-refractivity contribution in [3.8, 4) is 0 Å². The summed E-state index contributed by atoms with van der Waals surface area (Å²) in [6, 6.07) is 2.87. The van der Waals surface area contributed by atoms with Crippen molar-refractivity contribution in [1.29, 1.82) is 0 Å². The molecule has 0 bridgehead atoms. The SMILES string of the molecule is CCC(F)(F)c1cccnc1N1C=NC(C2=CC(C)(OC)CC=C2O)N1C. The molecule has 0 radical (unpaired) electrons. The Morgan fingerprint density at radius 1 is 1.44 bits per heavy atom. The molecule has 1 aromatic heterocycles. The van der Waals surface area contributed by atoms with Crippen molar-refractivity contribution in [3.05, 3.63) is 47.4 Å². The third kappa shape index (κ3) is 3.46. The first-order chi connectivity index (χ1) is 12.7. The smallest absolute Gasteiger partial charge is 0.276 e. The van der Waals surface area contributed by atoms with Gasteiger partial charge in [0.05, 0.1) is 11.2 Å². The first kappa shape index (κ1) is 19.4. The zero-order chi connectivity index (χ0) is 19.8. The van der Waals surface area contributed by atoms with Gasteiger partial charge in [-0.2, -0.15) is 5.01 Å². The van der Waals surface area contributed by atoms with E-state index in [0.717, 1.165) is 0 Å². The Morgan fingerprint density at radius 2 is 2.19 bits per heavy atom. The molecule has 2 unspecified atom stereocenters. The molecule has 1 aliphatic carbocycles. The second kappa shape index (κ2) is 7.01. The number of aliphatic imine (C=N–C) groups is 1. The van der Waals surface area contributed by atoms with Gasteiger partial charge in [0.2, 0.25) is 0 Å². The van der Waals surface area contributed by atoms with Gasteiger partial charge in [-0.1, -0.05) is 6.92 Å². The first-order valence-electron chi connectivity index (χ1n) is 8.78. The van der Waals surface area contributed by atoms with E-state index >= 15 is 0 Å². The zero-order valence-electron chi connectivity index (χ0n) is 15.9. The Kier molecular flexibility index (Phi) is 5.05. The van der Waals surface area contributed by atoms with Crippen LogP contribution in [0.25, 0.3) is 0 Å². The van der Waals surface area contributed by atoms with Crippen LogP contribution in [0, 0.1) is 0 Å². The van der Waals surface area contributed by atoms with Gasteiger partial charge in [0.1, 0.15) is 18.3 Å². The van der Waals surface area contributed by atoms with Gasteiger partial charge >= 0.3 is 0 Å². The molecule has 146 valence electrons. The van der Waals surface area contributed by atoms with Crippen LogP contribution >= 0.6 is 0 Å². The van der Waals surface area contributed by atoms with E-state index in [9.17, 15) is 13.9 Å². The molecule has 0 spiro atoms. The molecule has 1 aromatic rings. The summed E-state index contributed by atoms with van der Waals surface area (Å²) in [5, 5.41) is 13.5. The Morgan fingerprint density at radius 3 is 2.85 bits per heavy atom. The van der Waals surface area contributed by atoms with Gasteiger partial charge in [0.15, 0.2) is 5.82 Å². The van der Waals surface area contributed by atoms with Crippen LogP contribution in [0.3, 0.4) is 0 Å². The highest BCUT2D eigenvalue weighted by molar-refractivity contribution is 5.80. The molecule has 6 nitrogen and oxygen atoms in total. The number of methoxy groups -OCH3 is 1. The molecule has 2 aliphatic rings. The summed E-state index contributed by atoms with van der Waals surface area (Å²) in [4.78, 5) is 8.58. The molecule has 0 aromatic carbocycles. The highest BCUT2D eigenvalue weighted by Crippen LogP contribution is 2.39. The van der Waals surface area contributed by atoms with Crippen LogP contribution < -0.4 is 5.01 Å². The van der Waals surface area contributed by atoms with E-state index in [0.29, 0.717) is 12.0 Å². The number of pyridine rings is 1. The lowest BCUT2D eigenvalue weighted by Gasteiger charge is -2.33. The van der Waals surface area contributed by atoms with E-state index in [1.807, 2.05) is 13.0 Å². The van der Waals surface area contributed by atoms with Crippen LogP contribution in [-0.4, -0.2) is 47.4 Å². The second-order valence-corrected chi connectivity index (χ2v) is 6.90. The fourth-order valence-corrected chi connectivity index (χ4v) is 3.19. The lowest BCUT2D eigenvalue weighted by atomic mass is 9.90. The number of hydrogen-bond donors (Lipinski definition) is 1. The van der Waals surface area contributed by atoms with Crippen molar-refractivity contribution in [2.45, 2.75) is 44.4 Å². The van der Waals surface area contributed by atoms with Crippen LogP contribution in [0.4, 0.5) is 14.6 Å². The maximum absolute atomic E-state index is 14.4. The van der Waals surface area contributed by atoms with E-state index in [2.05, 4.69) is 9.98 Å². The number of nitrogens with zero attached hydrogens (tertiary/aromatic N) is 4. The molecule has 0 saturated carbocycles. The zero-order valence-corrected chi connectivity index (χ0v) is 15.9. The second-order valence-electron chi connectivity index (χ2n) is 6.90. The molecule has 1 N–H and O–H groups in total. The molecule has 2 atom stereocenters. The molecule has 27 heavy (non-hydrogen) atoms. The van der Waals surface area contributed by atoms with E-state index < -0.39 is 17.7 Å². The average Bonchev–Trinajstić information content (AvgIpc) is 3.05. The van der Waals surface area contributed by atoms with Gasteiger partial charge in [0.25, 0.3) is 5.92 Å². The molecular formula is C19H24F2N4O2. The molecular weight excluding hydrogens is 354 g/mol. The quantitative estimate of drug-likeness (QED) is 0.845. The monoisotopic (exact) mass is 378 g/mol. The minimum Gasteiger partial charge on any atom is -0.508 e. The maximum Gasteiger partial charge on any atom is 0.276 e. The summed E-state index contributed by atoms with van der Waals surface area (Å²) < 4.78 is 34.3. The molecule has 8 heteroatoms. The standard InChI is InChI=1S/C19H24F2N4O2/c1-5-19(20,21)14-7-6-10-22-17(14)25-12-23-16(24(25)3)13-11-18(2,27-4)9-8-15(13)26/h6-8,10-12,16,26H,5,9H2,1-4H3. The summed E-state index contributed by atoms with van der Waals surface area (Å²) >= 11 is 0. The number of aromatic nitrogens is 1. The van der Waals surface area contributed by atoms with Gasteiger partial charge in [0, 0.05) is 38.8 Å². The predicted molar refractivity (Wildman–Crippen MR) is 99.8 cm³/mol. The van der Waals surface area contributed by atoms with Gasteiger partial charge < -0.3 is 9.84 Å². The van der Waals surface area contributed by atoms with Gasteiger partial charge in [-0.25, -0.2) is 23.8 Å². The van der Waals surface area contributed by atoms with Crippen LogP contribution in [0.15, 0.2) is 46.8 Å². The summed E-state index contributed by atoms with van der Waals surface area (Å²) in [6.45, 7) is 3.34. The molecule has 3 rings (SSSR count). The predicted octanol–water partition coefficient (Wildman–Crippen LogP) is 3.78. The normalized spacial score (nSPS) is 26.3. The number of ether oxygens (including phenoxy) is 1. The number of aliphatic hydroxyl groups is 1. The third-order valence-electron chi connectivity index (χ3n) is 5.05. The molecule has 0 fully saturated rings. The van der Waals surface area contributed by atoms with E-state index in [1.54, 1.807) is 25.2 Å². The highest BCUT2D eigenvalue weighted by atomic mass is 19.3. The fourth-order valence-electron chi connectivity index (χ4n) is 3.19. The van der Waals surface area contributed by atoms with Gasteiger partial charge in [-0.05, 0) is 31.2 Å². The summed E-state index contributed by atoms with van der Waals surface area (Å²) in [5.41, 5.74) is -0.159. The van der Waals surface area contributed by atoms with Gasteiger partial charge in [-0.3, -0.25) is 0 Å². The Hall–Kier alpha value is -2.32. The van der Waals surface area contributed by atoms with Crippen molar-refractivity contribution in [1.82, 2.24) is 9.99 Å².